The maximum Gasteiger partial charge on any atom is 0.227 e. The second-order valence-electron chi connectivity index (χ2n) is 7.84. The highest BCUT2D eigenvalue weighted by molar-refractivity contribution is 7.21. The Labute approximate surface area is 157 Å². The number of hydrogen-bond acceptors (Lipinski definition) is 3. The third kappa shape index (κ3) is 2.82. The van der Waals surface area contributed by atoms with Gasteiger partial charge >= 0.3 is 0 Å². The zero-order valence-corrected chi connectivity index (χ0v) is 15.7. The van der Waals surface area contributed by atoms with Gasteiger partial charge in [0.2, 0.25) is 5.91 Å². The van der Waals surface area contributed by atoms with Gasteiger partial charge in [-0.05, 0) is 80.0 Å². The molecule has 0 radical (unpaired) electrons. The molecule has 0 saturated heterocycles. The number of aryl methyl sites for hydroxylation is 1. The van der Waals surface area contributed by atoms with Gasteiger partial charge in [-0.25, -0.2) is 4.98 Å². The monoisotopic (exact) mass is 362 g/mol. The van der Waals surface area contributed by atoms with Crippen LogP contribution in [0.1, 0.15) is 31.2 Å². The minimum Gasteiger partial charge on any atom is -0.326 e. The van der Waals surface area contributed by atoms with E-state index in [-0.39, 0.29) is 11.8 Å². The van der Waals surface area contributed by atoms with Crippen LogP contribution in [-0.4, -0.2) is 10.9 Å². The summed E-state index contributed by atoms with van der Waals surface area (Å²) in [5.74, 6) is 1.84. The Hall–Kier alpha value is -2.20. The minimum atomic E-state index is 0.209. The number of rotatable bonds is 3. The molecule has 132 valence electrons. The molecule has 2 aliphatic carbocycles. The zero-order valence-electron chi connectivity index (χ0n) is 14.9. The molecule has 2 saturated carbocycles. The summed E-state index contributed by atoms with van der Waals surface area (Å²) >= 11 is 1.71. The fourth-order valence-corrected chi connectivity index (χ4v) is 5.72. The van der Waals surface area contributed by atoms with E-state index in [1.807, 2.05) is 12.1 Å². The number of carbonyl (C=O) groups excluding carboxylic acids is 1. The van der Waals surface area contributed by atoms with E-state index in [9.17, 15) is 4.79 Å². The van der Waals surface area contributed by atoms with Crippen molar-refractivity contribution in [2.24, 2.45) is 17.8 Å². The van der Waals surface area contributed by atoms with Gasteiger partial charge in [-0.15, -0.1) is 11.3 Å². The molecule has 3 atom stereocenters. The minimum absolute atomic E-state index is 0.209. The number of hydrogen-bond donors (Lipinski definition) is 1. The van der Waals surface area contributed by atoms with E-state index in [1.165, 1.54) is 29.5 Å². The Bertz CT molecular complexity index is 975. The van der Waals surface area contributed by atoms with Crippen LogP contribution in [0.25, 0.3) is 20.8 Å². The van der Waals surface area contributed by atoms with Crippen molar-refractivity contribution < 1.29 is 4.79 Å². The van der Waals surface area contributed by atoms with Gasteiger partial charge in [0.25, 0.3) is 0 Å². The number of nitrogens with zero attached hydrogens (tertiary/aromatic N) is 1. The molecule has 2 bridgehead atoms. The molecule has 3 unspecified atom stereocenters. The van der Waals surface area contributed by atoms with E-state index in [0.717, 1.165) is 34.1 Å². The lowest BCUT2D eigenvalue weighted by Crippen LogP contribution is -2.27. The van der Waals surface area contributed by atoms with E-state index in [0.29, 0.717) is 5.92 Å². The third-order valence-corrected chi connectivity index (χ3v) is 7.09. The Kier molecular flexibility index (Phi) is 3.82. The quantitative estimate of drug-likeness (QED) is 0.654. The molecule has 2 aromatic carbocycles. The summed E-state index contributed by atoms with van der Waals surface area (Å²) in [6.45, 7) is 2.10. The molecule has 4 heteroatoms. The van der Waals surface area contributed by atoms with Crippen LogP contribution in [0.5, 0.6) is 0 Å². The number of nitrogens with one attached hydrogen (secondary N) is 1. The number of amides is 1. The van der Waals surface area contributed by atoms with Gasteiger partial charge in [-0.1, -0.05) is 12.5 Å². The molecular weight excluding hydrogens is 340 g/mol. The van der Waals surface area contributed by atoms with Gasteiger partial charge in [0.1, 0.15) is 5.01 Å². The predicted octanol–water partition coefficient (Wildman–Crippen LogP) is 5.65. The summed E-state index contributed by atoms with van der Waals surface area (Å²) in [6, 6.07) is 14.5. The second kappa shape index (κ2) is 6.20. The van der Waals surface area contributed by atoms with Crippen molar-refractivity contribution in [2.45, 2.75) is 32.6 Å². The molecule has 0 aliphatic heterocycles. The first-order chi connectivity index (χ1) is 12.7. The highest BCUT2D eigenvalue weighted by Gasteiger charge is 2.42. The zero-order chi connectivity index (χ0) is 17.7. The maximum absolute atomic E-state index is 12.6. The summed E-state index contributed by atoms with van der Waals surface area (Å²) in [7, 11) is 0. The smallest absolute Gasteiger partial charge is 0.227 e. The summed E-state index contributed by atoms with van der Waals surface area (Å²) in [4.78, 5) is 17.3. The van der Waals surface area contributed by atoms with Crippen molar-refractivity contribution in [1.29, 1.82) is 0 Å². The highest BCUT2D eigenvalue weighted by Crippen LogP contribution is 2.48. The van der Waals surface area contributed by atoms with Crippen molar-refractivity contribution >= 4 is 33.1 Å². The number of carbonyl (C=O) groups is 1. The number of thiazole rings is 1. The molecule has 2 aliphatic rings. The van der Waals surface area contributed by atoms with Crippen LogP contribution in [0.2, 0.25) is 0 Å². The fraction of sp³-hybridized carbons (Fsp3) is 0.364. The number of fused-ring (bicyclic) bond motifs is 3. The largest absolute Gasteiger partial charge is 0.326 e. The van der Waals surface area contributed by atoms with Crippen LogP contribution in [0.3, 0.4) is 0 Å². The first kappa shape index (κ1) is 16.0. The standard InChI is InChI=1S/C22H22N2OS/c1-13-2-9-19-20(10-13)26-22(24-19)15-5-7-17(8-6-15)23-21(25)18-12-14-3-4-16(18)11-14/h2,5-10,14,16,18H,3-4,11-12H2,1H3,(H,23,25). The number of benzene rings is 2. The van der Waals surface area contributed by atoms with E-state index in [2.05, 4.69) is 42.6 Å². The van der Waals surface area contributed by atoms with Crippen LogP contribution in [-0.2, 0) is 4.79 Å². The first-order valence-electron chi connectivity index (χ1n) is 9.44. The van der Waals surface area contributed by atoms with Gasteiger partial charge in [-0.3, -0.25) is 4.79 Å². The molecule has 2 fully saturated rings. The van der Waals surface area contributed by atoms with Crippen LogP contribution in [0.15, 0.2) is 42.5 Å². The number of anilines is 1. The Morgan fingerprint density at radius 1 is 1.12 bits per heavy atom. The second-order valence-corrected chi connectivity index (χ2v) is 8.87. The van der Waals surface area contributed by atoms with Crippen LogP contribution >= 0.6 is 11.3 Å². The van der Waals surface area contributed by atoms with Crippen molar-refractivity contribution in [1.82, 2.24) is 4.98 Å². The Morgan fingerprint density at radius 2 is 1.96 bits per heavy atom. The van der Waals surface area contributed by atoms with Gasteiger partial charge in [-0.2, -0.15) is 0 Å². The van der Waals surface area contributed by atoms with Crippen molar-refractivity contribution in [3.8, 4) is 10.6 Å². The average Bonchev–Trinajstić information content (AvgIpc) is 3.37. The molecule has 1 N–H and O–H groups in total. The van der Waals surface area contributed by atoms with E-state index in [4.69, 9.17) is 4.98 Å². The van der Waals surface area contributed by atoms with E-state index in [1.54, 1.807) is 11.3 Å². The summed E-state index contributed by atoms with van der Waals surface area (Å²) in [5, 5.41) is 4.15. The topological polar surface area (TPSA) is 42.0 Å². The summed E-state index contributed by atoms with van der Waals surface area (Å²) in [6.07, 6.45) is 4.90. The SMILES string of the molecule is Cc1ccc2nc(-c3ccc(NC(=O)C4CC5CCC4C5)cc3)sc2c1. The molecule has 3 nitrogen and oxygen atoms in total. The normalized spacial score (nSPS) is 24.3. The molecule has 3 aromatic rings. The Morgan fingerprint density at radius 3 is 2.69 bits per heavy atom. The van der Waals surface area contributed by atoms with Crippen molar-refractivity contribution in [3.63, 3.8) is 0 Å². The number of aromatic nitrogens is 1. The molecular formula is C22H22N2OS. The lowest BCUT2D eigenvalue weighted by atomic mass is 9.88. The van der Waals surface area contributed by atoms with Crippen LogP contribution in [0.4, 0.5) is 5.69 Å². The molecule has 1 amide bonds. The van der Waals surface area contributed by atoms with Gasteiger partial charge < -0.3 is 5.32 Å². The first-order valence-corrected chi connectivity index (χ1v) is 10.3. The predicted molar refractivity (Wildman–Crippen MR) is 107 cm³/mol. The molecule has 5 rings (SSSR count). The summed E-state index contributed by atoms with van der Waals surface area (Å²) in [5.41, 5.74) is 4.29. The van der Waals surface area contributed by atoms with Gasteiger partial charge in [0.15, 0.2) is 0 Å². The van der Waals surface area contributed by atoms with Crippen LogP contribution < -0.4 is 5.32 Å². The molecule has 26 heavy (non-hydrogen) atoms. The lowest BCUT2D eigenvalue weighted by Gasteiger charge is -2.20. The van der Waals surface area contributed by atoms with Crippen molar-refractivity contribution in [2.75, 3.05) is 5.32 Å². The molecule has 0 spiro atoms. The highest BCUT2D eigenvalue weighted by atomic mass is 32.1. The summed E-state index contributed by atoms with van der Waals surface area (Å²) < 4.78 is 1.22. The van der Waals surface area contributed by atoms with Crippen LogP contribution in [0, 0.1) is 24.7 Å². The van der Waals surface area contributed by atoms with E-state index < -0.39 is 0 Å². The maximum atomic E-state index is 12.6. The van der Waals surface area contributed by atoms with Gasteiger partial charge in [0, 0.05) is 17.2 Å². The Balaban J connectivity index is 1.32. The van der Waals surface area contributed by atoms with E-state index >= 15 is 0 Å². The molecule has 1 heterocycles. The third-order valence-electron chi connectivity index (χ3n) is 6.02. The molecule has 1 aromatic heterocycles. The fourth-order valence-electron chi connectivity index (χ4n) is 4.65. The average molecular weight is 362 g/mol. The van der Waals surface area contributed by atoms with Gasteiger partial charge in [0.05, 0.1) is 10.2 Å². The van der Waals surface area contributed by atoms with Crippen molar-refractivity contribution in [3.05, 3.63) is 48.0 Å². The lowest BCUT2D eigenvalue weighted by molar-refractivity contribution is -0.121.